The Morgan fingerprint density at radius 3 is 3.16 bits per heavy atom. The third-order valence-corrected chi connectivity index (χ3v) is 3.36. The minimum atomic E-state index is -2.13. The first-order valence-electron chi connectivity index (χ1n) is 6.71. The Morgan fingerprint density at radius 2 is 2.21 bits per heavy atom. The van der Waals surface area contributed by atoms with Gasteiger partial charge in [0.2, 0.25) is 6.75 Å². The lowest BCUT2D eigenvalue weighted by atomic mass is 10.2. The largest absolute Gasteiger partial charge is 0.454 e. The average molecular weight is 278 g/mol. The Bertz CT molecular complexity index is 773. The zero-order chi connectivity index (χ0) is 14.6. The average Bonchev–Trinajstić information content (AvgIpc) is 2.91. The fourth-order valence-electron chi connectivity index (χ4n) is 2.22. The van der Waals surface area contributed by atoms with Gasteiger partial charge >= 0.3 is 0 Å². The molecule has 3 heterocycles. The number of rotatable bonds is 1. The van der Waals surface area contributed by atoms with Crippen LogP contribution in [0.1, 0.15) is 8.30 Å². The second-order valence-electron chi connectivity index (χ2n) is 4.21. The van der Waals surface area contributed by atoms with Crippen LogP contribution in [0.5, 0.6) is 11.5 Å². The molecule has 0 spiro atoms. The van der Waals surface area contributed by atoms with Crippen LogP contribution in [0.3, 0.4) is 0 Å². The number of hydrogen-bond donors (Lipinski definition) is 1. The van der Waals surface area contributed by atoms with Crippen molar-refractivity contribution in [2.45, 2.75) is 6.54 Å². The Morgan fingerprint density at radius 1 is 1.32 bits per heavy atom. The van der Waals surface area contributed by atoms with Crippen molar-refractivity contribution in [1.82, 2.24) is 4.57 Å². The van der Waals surface area contributed by atoms with Crippen molar-refractivity contribution >= 4 is 23.8 Å². The highest BCUT2D eigenvalue weighted by molar-refractivity contribution is 6.30. The summed E-state index contributed by atoms with van der Waals surface area (Å²) >= 11 is 6.30. The molecule has 96 valence electrons. The number of aliphatic imine (C=N–C) groups is 1. The highest BCUT2D eigenvalue weighted by atomic mass is 35.5. The Labute approximate surface area is 117 Å². The second kappa shape index (κ2) is 3.93. The Balaban J connectivity index is 1.81. The smallest absolute Gasteiger partial charge is 0.231 e. The third kappa shape index (κ3) is 1.58. The van der Waals surface area contributed by atoms with Gasteiger partial charge in [0.25, 0.3) is 0 Å². The summed E-state index contributed by atoms with van der Waals surface area (Å²) in [5.74, 6) is 1.56. The molecule has 0 saturated carbocycles. The van der Waals surface area contributed by atoms with Gasteiger partial charge in [-0.25, -0.2) is 0 Å². The quantitative estimate of drug-likeness (QED) is 0.872. The van der Waals surface area contributed by atoms with E-state index in [1.165, 1.54) is 0 Å². The Kier molecular flexibility index (Phi) is 1.83. The number of aromatic nitrogens is 1. The molecule has 0 amide bonds. The maximum absolute atomic E-state index is 7.47. The van der Waals surface area contributed by atoms with Crippen LogP contribution in [0, 0.1) is 0 Å². The van der Waals surface area contributed by atoms with Crippen LogP contribution < -0.4 is 14.8 Å². The predicted octanol–water partition coefficient (Wildman–Crippen LogP) is 2.81. The number of fused-ring (bicyclic) bond motifs is 2. The summed E-state index contributed by atoms with van der Waals surface area (Å²) in [7, 11) is 0. The molecule has 2 aromatic rings. The van der Waals surface area contributed by atoms with E-state index in [1.807, 2.05) is 10.6 Å². The molecule has 0 atom stereocenters. The molecule has 6 heteroatoms. The molecular formula is C13H10ClN3O2. The van der Waals surface area contributed by atoms with Crippen LogP contribution >= 0.6 is 11.6 Å². The molecule has 0 aliphatic carbocycles. The molecule has 1 aromatic carbocycles. The molecule has 0 unspecified atom stereocenters. The number of nitrogens with one attached hydrogen (secondary N) is 1. The van der Waals surface area contributed by atoms with Crippen LogP contribution in [0.15, 0.2) is 29.3 Å². The van der Waals surface area contributed by atoms with E-state index in [0.29, 0.717) is 23.2 Å². The first-order valence-corrected chi connectivity index (χ1v) is 6.09. The van der Waals surface area contributed by atoms with Gasteiger partial charge < -0.3 is 14.8 Å². The normalized spacial score (nSPS) is 19.4. The molecule has 1 aromatic heterocycles. The number of hydrogen-bond acceptors (Lipinski definition) is 4. The summed E-state index contributed by atoms with van der Waals surface area (Å²) in [6.07, 6.45) is 1.63. The zero-order valence-corrected chi connectivity index (χ0v) is 10.4. The molecular weight excluding hydrogens is 266 g/mol. The van der Waals surface area contributed by atoms with E-state index in [2.05, 4.69) is 10.3 Å². The lowest BCUT2D eigenvalue weighted by molar-refractivity contribution is 0.174. The van der Waals surface area contributed by atoms with E-state index in [4.69, 9.17) is 23.8 Å². The van der Waals surface area contributed by atoms with Gasteiger partial charge in [0.1, 0.15) is 13.7 Å². The summed E-state index contributed by atoms with van der Waals surface area (Å²) < 4.78 is 26.9. The summed E-state index contributed by atoms with van der Waals surface area (Å²) in [4.78, 5) is 4.14. The van der Waals surface area contributed by atoms with Crippen LogP contribution in [0.4, 0.5) is 5.82 Å². The number of nitrogens with zero attached hydrogens (tertiary/aromatic N) is 2. The first kappa shape index (κ1) is 8.87. The van der Waals surface area contributed by atoms with E-state index < -0.39 is 6.75 Å². The summed E-state index contributed by atoms with van der Waals surface area (Å²) in [6, 6.07) is 7.00. The monoisotopic (exact) mass is 277 g/mol. The Hall–Kier alpha value is -2.14. The molecule has 2 aliphatic heterocycles. The highest BCUT2D eigenvalue weighted by Gasteiger charge is 2.19. The van der Waals surface area contributed by atoms with Gasteiger partial charge in [0.15, 0.2) is 11.5 Å². The van der Waals surface area contributed by atoms with E-state index in [0.717, 1.165) is 17.1 Å². The maximum atomic E-state index is 7.47. The summed E-state index contributed by atoms with van der Waals surface area (Å²) in [5, 5.41) is 3.62. The maximum Gasteiger partial charge on any atom is 0.231 e. The van der Waals surface area contributed by atoms with E-state index in [1.54, 1.807) is 24.5 Å². The molecule has 19 heavy (non-hydrogen) atoms. The number of halogens is 1. The van der Waals surface area contributed by atoms with Crippen LogP contribution in [-0.2, 0) is 6.54 Å². The van der Waals surface area contributed by atoms with Crippen molar-refractivity contribution < 1.29 is 12.2 Å². The summed E-state index contributed by atoms with van der Waals surface area (Å²) in [5.41, 5.74) is 1.75. The number of anilines is 1. The van der Waals surface area contributed by atoms with Gasteiger partial charge in [-0.3, -0.25) is 9.56 Å². The molecule has 4 rings (SSSR count). The van der Waals surface area contributed by atoms with E-state index >= 15 is 0 Å². The molecule has 0 saturated heterocycles. The fourth-order valence-corrected chi connectivity index (χ4v) is 2.53. The van der Waals surface area contributed by atoms with Crippen molar-refractivity contribution in [2.75, 3.05) is 12.1 Å². The van der Waals surface area contributed by atoms with Crippen LogP contribution in [-0.4, -0.2) is 17.7 Å². The van der Waals surface area contributed by atoms with Crippen molar-refractivity contribution in [3.63, 3.8) is 0 Å². The highest BCUT2D eigenvalue weighted by Crippen LogP contribution is 2.37. The third-order valence-electron chi connectivity index (χ3n) is 3.08. The summed E-state index contributed by atoms with van der Waals surface area (Å²) in [6.45, 7) is -1.56. The van der Waals surface area contributed by atoms with Crippen LogP contribution in [0.2, 0.25) is 5.15 Å². The van der Waals surface area contributed by atoms with Gasteiger partial charge in [-0.15, -0.1) is 0 Å². The second-order valence-corrected chi connectivity index (χ2v) is 4.60. The van der Waals surface area contributed by atoms with Gasteiger partial charge in [-0.2, -0.15) is 0 Å². The first-order chi connectivity index (χ1) is 10.0. The number of ether oxygens (including phenoxy) is 2. The lowest BCUT2D eigenvalue weighted by Crippen LogP contribution is -2.08. The molecule has 0 radical (unpaired) electrons. The standard InChI is InChI=1S/C13H10ClN3O2/c14-12-3-8-5-15-6-16-13(8)17(12)9-1-2-10-11(4-9)19-7-18-10/h1-4,6H,5,7H2,(H,15,16)/i7D2. The van der Waals surface area contributed by atoms with Crippen molar-refractivity contribution in [2.24, 2.45) is 4.99 Å². The van der Waals surface area contributed by atoms with Crippen molar-refractivity contribution in [1.29, 1.82) is 0 Å². The van der Waals surface area contributed by atoms with Crippen molar-refractivity contribution in [3.8, 4) is 17.2 Å². The molecule has 0 fully saturated rings. The fraction of sp³-hybridized carbons (Fsp3) is 0.154. The minimum Gasteiger partial charge on any atom is -0.454 e. The van der Waals surface area contributed by atoms with Crippen molar-refractivity contribution in [3.05, 3.63) is 35.0 Å². The van der Waals surface area contributed by atoms with Gasteiger partial charge in [0, 0.05) is 11.6 Å². The van der Waals surface area contributed by atoms with E-state index in [-0.39, 0.29) is 0 Å². The van der Waals surface area contributed by atoms with Gasteiger partial charge in [-0.1, -0.05) is 11.6 Å². The van der Waals surface area contributed by atoms with Crippen LogP contribution in [0.25, 0.3) is 5.69 Å². The van der Waals surface area contributed by atoms with E-state index in [9.17, 15) is 0 Å². The molecule has 0 bridgehead atoms. The van der Waals surface area contributed by atoms with Gasteiger partial charge in [0.05, 0.1) is 18.6 Å². The number of benzene rings is 1. The molecule has 2 aliphatic rings. The molecule has 5 nitrogen and oxygen atoms in total. The predicted molar refractivity (Wildman–Crippen MR) is 72.7 cm³/mol. The SMILES string of the molecule is [2H]C1([2H])Oc2ccc(-n3c(Cl)cc4c3NC=NC4)cc2O1. The molecule has 1 N–H and O–H groups in total. The topological polar surface area (TPSA) is 47.8 Å². The minimum absolute atomic E-state index is 0.348. The zero-order valence-electron chi connectivity index (χ0n) is 11.7. The lowest BCUT2D eigenvalue weighted by Gasteiger charge is -2.14. The van der Waals surface area contributed by atoms with Gasteiger partial charge in [-0.05, 0) is 18.2 Å².